The molecule has 3 N–H and O–H groups in total. The van der Waals surface area contributed by atoms with Crippen LogP contribution in [0.25, 0.3) is 0 Å². The molecule has 86 valence electrons. The number of carbonyl (C=O) groups excluding carboxylic acids is 1. The third-order valence-electron chi connectivity index (χ3n) is 2.45. The number of hydroxylamine groups is 1. The Kier molecular flexibility index (Phi) is 2.57. The number of amides is 2. The van der Waals surface area contributed by atoms with Crippen LogP contribution in [-0.2, 0) is 13.1 Å². The fourth-order valence-electron chi connectivity index (χ4n) is 1.64. The molecule has 2 amide bonds. The molecule has 0 radical (unpaired) electrons. The van der Waals surface area contributed by atoms with Gasteiger partial charge in [0.2, 0.25) is 0 Å². The molecule has 0 spiro atoms. The van der Waals surface area contributed by atoms with E-state index in [0.29, 0.717) is 13.1 Å². The normalized spacial score (nSPS) is 14.8. The second kappa shape index (κ2) is 3.88. The van der Waals surface area contributed by atoms with Crippen molar-refractivity contribution in [1.29, 1.82) is 0 Å². The monoisotopic (exact) mass is 213 g/mol. The van der Waals surface area contributed by atoms with Crippen molar-refractivity contribution in [3.8, 4) is 0 Å². The predicted molar refractivity (Wildman–Crippen MR) is 61.9 cm³/mol. The van der Waals surface area contributed by atoms with Gasteiger partial charge in [-0.15, -0.1) is 0 Å². The Bertz CT molecular complexity index is 404. The fraction of sp³-hybridized carbons (Fsp3) is 0.300. The summed E-state index contributed by atoms with van der Waals surface area (Å²) in [6.45, 7) is 1.01. The summed E-state index contributed by atoms with van der Waals surface area (Å²) in [5, 5.41) is 11.4. The molecule has 15 heavy (non-hydrogen) atoms. The molecule has 1 aromatic rings. The van der Waals surface area contributed by atoms with Crippen LogP contribution in [0.1, 0.15) is 15.4 Å². The van der Waals surface area contributed by atoms with Gasteiger partial charge in [-0.1, -0.05) is 12.1 Å². The third-order valence-corrected chi connectivity index (χ3v) is 2.45. The molecule has 2 rings (SSSR count). The highest BCUT2D eigenvalue weighted by Gasteiger charge is 2.18. The fourth-order valence-corrected chi connectivity index (χ4v) is 1.64. The zero-order valence-corrected chi connectivity index (χ0v) is 8.45. The van der Waals surface area contributed by atoms with E-state index in [1.165, 1.54) is 0 Å². The molecule has 0 bridgehead atoms. The summed E-state index contributed by atoms with van der Waals surface area (Å²) in [6, 6.07) is 5.60. The average molecular weight is 213 g/mol. The van der Waals surface area contributed by atoms with E-state index in [1.54, 1.807) is 11.9 Å². The van der Waals surface area contributed by atoms with Crippen LogP contribution in [0.2, 0.25) is 0 Å². The first-order valence-corrected chi connectivity index (χ1v) is 4.71. The molecule has 5 nitrogen and oxygen atoms in total. The Hall–Kier alpha value is -1.59. The number of carbonyl (C=O) groups is 1. The van der Waals surface area contributed by atoms with Crippen LogP contribution in [-0.4, -0.2) is 23.2 Å². The number of nitrogens with one attached hydrogen (secondary N) is 2. The number of hydrogen-bond donors (Lipinski definition) is 3. The summed E-state index contributed by atoms with van der Waals surface area (Å²) >= 11 is 0. The van der Waals surface area contributed by atoms with Crippen molar-refractivity contribution in [1.82, 2.24) is 10.4 Å². The molecular weight excluding hydrogens is 194 g/mol. The van der Waals surface area contributed by atoms with Crippen LogP contribution in [0, 0.1) is 0 Å². The molecule has 0 aliphatic carbocycles. The van der Waals surface area contributed by atoms with Gasteiger partial charge in [-0.3, -0.25) is 0 Å². The third kappa shape index (κ3) is 1.93. The van der Waals surface area contributed by atoms with Gasteiger partial charge >= 0.3 is 6.03 Å². The summed E-state index contributed by atoms with van der Waals surface area (Å²) in [7, 11) is 1.75. The lowest BCUT2D eigenvalue weighted by molar-refractivity contribution is 0.161. The average Bonchev–Trinajstić information content (AvgIpc) is 2.21. The number of urea groups is 1. The van der Waals surface area contributed by atoms with Crippen LogP contribution < -0.4 is 10.8 Å². The van der Waals surface area contributed by atoms with Crippen molar-refractivity contribution in [3.63, 3.8) is 0 Å². The van der Waals surface area contributed by atoms with E-state index in [4.69, 9.17) is 5.21 Å². The second-order valence-electron chi connectivity index (χ2n) is 3.61. The smallest absolute Gasteiger partial charge is 0.321 e. The number of anilines is 1. The minimum absolute atomic E-state index is 0. The molecule has 1 heterocycles. The first-order valence-electron chi connectivity index (χ1n) is 4.71. The quantitative estimate of drug-likeness (QED) is 0.657. The summed E-state index contributed by atoms with van der Waals surface area (Å²) in [6.07, 6.45) is 0. The van der Waals surface area contributed by atoms with E-state index >= 15 is 0 Å². The van der Waals surface area contributed by atoms with Gasteiger partial charge in [-0.2, -0.15) is 0 Å². The van der Waals surface area contributed by atoms with Crippen molar-refractivity contribution in [2.75, 3.05) is 12.4 Å². The first-order chi connectivity index (χ1) is 7.20. The summed E-state index contributed by atoms with van der Waals surface area (Å²) in [5.74, 6) is 0. The van der Waals surface area contributed by atoms with Crippen molar-refractivity contribution < 1.29 is 14.3 Å². The van der Waals surface area contributed by atoms with Crippen molar-refractivity contribution in [2.45, 2.75) is 13.1 Å². The minimum Gasteiger partial charge on any atom is -0.323 e. The summed E-state index contributed by atoms with van der Waals surface area (Å²) in [4.78, 5) is 12.9. The minimum atomic E-state index is -0.0875. The molecule has 0 atom stereocenters. The first kappa shape index (κ1) is 9.95. The number of benzene rings is 1. The molecule has 0 aromatic heterocycles. The molecule has 0 unspecified atom stereocenters. The van der Waals surface area contributed by atoms with Gasteiger partial charge < -0.3 is 15.4 Å². The maximum Gasteiger partial charge on any atom is 0.321 e. The van der Waals surface area contributed by atoms with E-state index in [9.17, 15) is 4.79 Å². The number of fused-ring (bicyclic) bond motifs is 1. The Morgan fingerprint density at radius 1 is 1.67 bits per heavy atom. The lowest BCUT2D eigenvalue weighted by atomic mass is 10.1. The van der Waals surface area contributed by atoms with E-state index < -0.39 is 0 Å². The molecule has 1 aliphatic rings. The zero-order chi connectivity index (χ0) is 10.8. The number of rotatable bonds is 2. The highest BCUT2D eigenvalue weighted by molar-refractivity contribution is 5.92. The second-order valence-corrected chi connectivity index (χ2v) is 3.61. The van der Waals surface area contributed by atoms with E-state index in [1.807, 2.05) is 18.2 Å². The summed E-state index contributed by atoms with van der Waals surface area (Å²) < 4.78 is 0. The van der Waals surface area contributed by atoms with Gasteiger partial charge in [-0.25, -0.2) is 10.3 Å². The molecule has 1 aliphatic heterocycles. The van der Waals surface area contributed by atoms with Gasteiger partial charge in [0.05, 0.1) is 0 Å². The number of nitrogens with zero attached hydrogens (tertiary/aromatic N) is 1. The van der Waals surface area contributed by atoms with Crippen molar-refractivity contribution in [3.05, 3.63) is 29.3 Å². The molecule has 0 saturated carbocycles. The van der Waals surface area contributed by atoms with Gasteiger partial charge in [0.25, 0.3) is 0 Å². The molecular formula is C10H19N3O2. The lowest BCUT2D eigenvalue weighted by Gasteiger charge is -2.26. The van der Waals surface area contributed by atoms with E-state index in [-0.39, 0.29) is 10.3 Å². The maximum absolute atomic E-state index is 11.3. The Labute approximate surface area is 92.1 Å². The Morgan fingerprint density at radius 2 is 2.47 bits per heavy atom. The highest BCUT2D eigenvalue weighted by Crippen LogP contribution is 2.23. The molecule has 5 heteroatoms. The largest absolute Gasteiger partial charge is 0.323 e. The predicted octanol–water partition coefficient (Wildman–Crippen LogP) is 1.88. The topological polar surface area (TPSA) is 64.6 Å². The van der Waals surface area contributed by atoms with Crippen molar-refractivity contribution in [2.24, 2.45) is 0 Å². The van der Waals surface area contributed by atoms with Gasteiger partial charge in [0, 0.05) is 30.1 Å². The van der Waals surface area contributed by atoms with E-state index in [2.05, 4.69) is 10.8 Å². The van der Waals surface area contributed by atoms with Gasteiger partial charge in [-0.05, 0) is 17.2 Å². The lowest BCUT2D eigenvalue weighted by Crippen LogP contribution is -2.35. The zero-order valence-electron chi connectivity index (χ0n) is 8.45. The van der Waals surface area contributed by atoms with Crippen LogP contribution in [0.3, 0.4) is 0 Å². The van der Waals surface area contributed by atoms with Crippen LogP contribution in [0.15, 0.2) is 18.2 Å². The van der Waals surface area contributed by atoms with Gasteiger partial charge in [0.1, 0.15) is 0 Å². The molecule has 0 saturated heterocycles. The molecule has 1 aromatic carbocycles. The Morgan fingerprint density at radius 3 is 3.20 bits per heavy atom. The van der Waals surface area contributed by atoms with Crippen LogP contribution >= 0.6 is 0 Å². The Balaban J connectivity index is 0. The van der Waals surface area contributed by atoms with Crippen LogP contribution in [0.5, 0.6) is 0 Å². The molecule has 0 fully saturated rings. The SMILES string of the molecule is CN1Cc2cc(CNO)ccc2NC1=O.[HH].[HH].[HH]. The number of hydrogen-bond acceptors (Lipinski definition) is 3. The maximum atomic E-state index is 11.3. The summed E-state index contributed by atoms with van der Waals surface area (Å²) in [5.41, 5.74) is 5.00. The van der Waals surface area contributed by atoms with Crippen molar-refractivity contribution >= 4 is 11.7 Å². The standard InChI is InChI=1S/C10H13N3O2.3H2/c1-13-6-8-4-7(5-11-15)2-3-9(8)12-10(13)14;;;/h2-4,11,15H,5-6H2,1H3,(H,12,14);3*1H. The van der Waals surface area contributed by atoms with E-state index in [0.717, 1.165) is 16.8 Å². The highest BCUT2D eigenvalue weighted by atomic mass is 16.5. The van der Waals surface area contributed by atoms with Crippen LogP contribution in [0.4, 0.5) is 10.5 Å². The van der Waals surface area contributed by atoms with Gasteiger partial charge in [0.15, 0.2) is 0 Å².